The Bertz CT molecular complexity index is 1190. The monoisotopic (exact) mass is 410 g/mol. The number of halogens is 2. The van der Waals surface area contributed by atoms with Crippen molar-refractivity contribution < 1.29 is 13.9 Å². The fourth-order valence-electron chi connectivity index (χ4n) is 3.16. The Morgan fingerprint density at radius 2 is 1.86 bits per heavy atom. The van der Waals surface area contributed by atoms with Crippen LogP contribution in [0.2, 0.25) is 5.02 Å². The average Bonchev–Trinajstić information content (AvgIpc) is 3.15. The number of nitrogens with two attached hydrogens (primary N) is 1. The molecule has 0 bridgehead atoms. The number of fused-ring (bicyclic) bond motifs is 1. The molecule has 3 N–H and O–H groups in total. The summed E-state index contributed by atoms with van der Waals surface area (Å²) in [6.07, 6.45) is 0. The highest BCUT2D eigenvalue weighted by atomic mass is 35.5. The molecule has 3 aromatic carbocycles. The topological polar surface area (TPSA) is 84.2 Å². The number of H-pyrrole nitrogens is 1. The van der Waals surface area contributed by atoms with Crippen molar-refractivity contribution in [1.29, 1.82) is 0 Å². The van der Waals surface area contributed by atoms with Crippen LogP contribution in [-0.4, -0.2) is 23.3 Å². The summed E-state index contributed by atoms with van der Waals surface area (Å²) in [6, 6.07) is 16.8. The summed E-state index contributed by atoms with van der Waals surface area (Å²) in [5, 5.41) is 7.10. The molecule has 0 radical (unpaired) electrons. The van der Waals surface area contributed by atoms with Gasteiger partial charge >= 0.3 is 6.03 Å². The van der Waals surface area contributed by atoms with Crippen LogP contribution in [0.15, 0.2) is 60.7 Å². The Morgan fingerprint density at radius 3 is 2.48 bits per heavy atom. The average molecular weight is 411 g/mol. The zero-order chi connectivity index (χ0) is 20.5. The van der Waals surface area contributed by atoms with Crippen LogP contribution in [0, 0.1) is 5.82 Å². The summed E-state index contributed by atoms with van der Waals surface area (Å²) in [7, 11) is 1.54. The highest BCUT2D eigenvalue weighted by Crippen LogP contribution is 2.39. The molecule has 146 valence electrons. The molecule has 29 heavy (non-hydrogen) atoms. The molecule has 0 unspecified atom stereocenters. The van der Waals surface area contributed by atoms with Crippen LogP contribution in [0.1, 0.15) is 0 Å². The summed E-state index contributed by atoms with van der Waals surface area (Å²) in [5.41, 5.74) is 7.39. The molecule has 2 amide bonds. The molecule has 0 atom stereocenters. The second-order valence-electron chi connectivity index (χ2n) is 6.26. The lowest BCUT2D eigenvalue weighted by Gasteiger charge is -2.19. The SMILES string of the molecule is COc1ccc(N(C(N)=O)c2n[nH]c3c(F)c(Cl)c(-c4ccccc4)cc23)cc1. The van der Waals surface area contributed by atoms with E-state index in [4.69, 9.17) is 22.1 Å². The maximum absolute atomic E-state index is 15.0. The molecule has 0 saturated carbocycles. The molecule has 1 aromatic heterocycles. The lowest BCUT2D eigenvalue weighted by atomic mass is 10.0. The number of aromatic nitrogens is 2. The van der Waals surface area contributed by atoms with Crippen LogP contribution >= 0.6 is 11.6 Å². The quantitative estimate of drug-likeness (QED) is 0.482. The van der Waals surface area contributed by atoms with Gasteiger partial charge in [0.1, 0.15) is 11.3 Å². The normalized spacial score (nSPS) is 10.9. The van der Waals surface area contributed by atoms with Crippen molar-refractivity contribution in [2.45, 2.75) is 0 Å². The van der Waals surface area contributed by atoms with Gasteiger partial charge in [0, 0.05) is 10.9 Å². The second kappa shape index (κ2) is 7.44. The first-order valence-electron chi connectivity index (χ1n) is 8.66. The number of hydrogen-bond donors (Lipinski definition) is 2. The zero-order valence-electron chi connectivity index (χ0n) is 15.3. The molecule has 4 aromatic rings. The van der Waals surface area contributed by atoms with E-state index in [0.29, 0.717) is 22.4 Å². The van der Waals surface area contributed by atoms with Crippen molar-refractivity contribution in [2.24, 2.45) is 5.73 Å². The first-order chi connectivity index (χ1) is 14.0. The predicted molar refractivity (Wildman–Crippen MR) is 111 cm³/mol. The number of anilines is 2. The lowest BCUT2D eigenvalue weighted by molar-refractivity contribution is 0.256. The minimum atomic E-state index is -0.764. The van der Waals surface area contributed by atoms with Crippen molar-refractivity contribution in [1.82, 2.24) is 10.2 Å². The number of primary amides is 1. The van der Waals surface area contributed by atoms with E-state index in [2.05, 4.69) is 10.2 Å². The fourth-order valence-corrected chi connectivity index (χ4v) is 3.42. The van der Waals surface area contributed by atoms with Gasteiger partial charge in [-0.2, -0.15) is 5.10 Å². The molecule has 6 nitrogen and oxygen atoms in total. The molecular weight excluding hydrogens is 395 g/mol. The number of rotatable bonds is 4. The highest BCUT2D eigenvalue weighted by molar-refractivity contribution is 6.34. The van der Waals surface area contributed by atoms with Crippen LogP contribution < -0.4 is 15.4 Å². The van der Waals surface area contributed by atoms with E-state index in [1.165, 1.54) is 4.90 Å². The van der Waals surface area contributed by atoms with Gasteiger partial charge in [0.15, 0.2) is 11.6 Å². The molecular formula is C21H16ClFN4O2. The largest absolute Gasteiger partial charge is 0.497 e. The molecule has 0 spiro atoms. The maximum Gasteiger partial charge on any atom is 0.325 e. The van der Waals surface area contributed by atoms with E-state index >= 15 is 0 Å². The molecule has 0 aliphatic carbocycles. The number of urea groups is 1. The molecule has 8 heteroatoms. The Labute approximate surface area is 170 Å². The summed E-state index contributed by atoms with van der Waals surface area (Å²) in [6.45, 7) is 0. The summed E-state index contributed by atoms with van der Waals surface area (Å²) in [5.74, 6) is 0.139. The third kappa shape index (κ3) is 3.25. The number of ether oxygens (including phenoxy) is 1. The van der Waals surface area contributed by atoms with E-state index in [9.17, 15) is 9.18 Å². The number of hydrogen-bond acceptors (Lipinski definition) is 3. The number of benzene rings is 3. The maximum atomic E-state index is 15.0. The molecule has 0 aliphatic rings. The highest BCUT2D eigenvalue weighted by Gasteiger charge is 2.24. The van der Waals surface area contributed by atoms with Crippen LogP contribution in [0.4, 0.5) is 20.7 Å². The fraction of sp³-hybridized carbons (Fsp3) is 0.0476. The Morgan fingerprint density at radius 1 is 1.17 bits per heavy atom. The third-order valence-corrected chi connectivity index (χ3v) is 4.94. The smallest absolute Gasteiger partial charge is 0.325 e. The molecule has 0 fully saturated rings. The molecule has 0 aliphatic heterocycles. The van der Waals surface area contributed by atoms with Crippen molar-refractivity contribution in [2.75, 3.05) is 12.0 Å². The van der Waals surface area contributed by atoms with Crippen molar-refractivity contribution in [3.63, 3.8) is 0 Å². The Balaban J connectivity index is 1.92. The van der Waals surface area contributed by atoms with Gasteiger partial charge in [-0.3, -0.25) is 5.10 Å². The van der Waals surface area contributed by atoms with Crippen LogP contribution in [-0.2, 0) is 0 Å². The van der Waals surface area contributed by atoms with Gasteiger partial charge < -0.3 is 10.5 Å². The second-order valence-corrected chi connectivity index (χ2v) is 6.64. The first-order valence-corrected chi connectivity index (χ1v) is 9.04. The van der Waals surface area contributed by atoms with E-state index in [1.807, 2.05) is 30.3 Å². The van der Waals surface area contributed by atoms with Gasteiger partial charge in [-0.15, -0.1) is 0 Å². The van der Waals surface area contributed by atoms with Crippen molar-refractivity contribution >= 4 is 40.0 Å². The zero-order valence-corrected chi connectivity index (χ0v) is 16.1. The summed E-state index contributed by atoms with van der Waals surface area (Å²) < 4.78 is 20.1. The lowest BCUT2D eigenvalue weighted by Crippen LogP contribution is -2.31. The van der Waals surface area contributed by atoms with Gasteiger partial charge in [0.25, 0.3) is 0 Å². The van der Waals surface area contributed by atoms with E-state index in [1.54, 1.807) is 37.4 Å². The van der Waals surface area contributed by atoms with E-state index in [0.717, 1.165) is 5.56 Å². The van der Waals surface area contributed by atoms with E-state index in [-0.39, 0.29) is 16.4 Å². The van der Waals surface area contributed by atoms with E-state index < -0.39 is 11.8 Å². The predicted octanol–water partition coefficient (Wildman–Crippen LogP) is 5.25. The number of nitrogens with one attached hydrogen (secondary N) is 1. The number of amides is 2. The minimum Gasteiger partial charge on any atom is -0.497 e. The van der Waals surface area contributed by atoms with Crippen molar-refractivity contribution in [3.05, 3.63) is 71.5 Å². The standard InChI is InChI=1S/C21H16ClFN4O2/c1-29-14-9-7-13(8-10-14)27(21(24)28)20-16-11-15(12-5-3-2-4-6-12)17(22)18(23)19(16)25-26-20/h2-11H,1H3,(H2,24,28)(H,25,26). The van der Waals surface area contributed by atoms with Gasteiger partial charge in [-0.1, -0.05) is 41.9 Å². The van der Waals surface area contributed by atoms with Crippen molar-refractivity contribution in [3.8, 4) is 16.9 Å². The number of carbonyl (C=O) groups is 1. The van der Waals surface area contributed by atoms with Crippen LogP contribution in [0.3, 0.4) is 0 Å². The summed E-state index contributed by atoms with van der Waals surface area (Å²) >= 11 is 6.27. The van der Waals surface area contributed by atoms with Gasteiger partial charge in [-0.25, -0.2) is 14.1 Å². The van der Waals surface area contributed by atoms with Gasteiger partial charge in [0.2, 0.25) is 0 Å². The van der Waals surface area contributed by atoms with Crippen LogP contribution in [0.5, 0.6) is 5.75 Å². The number of methoxy groups -OCH3 is 1. The number of nitrogens with zero attached hydrogens (tertiary/aromatic N) is 2. The minimum absolute atomic E-state index is 0.0334. The van der Waals surface area contributed by atoms with Gasteiger partial charge in [0.05, 0.1) is 17.8 Å². The van der Waals surface area contributed by atoms with Crippen LogP contribution in [0.25, 0.3) is 22.0 Å². The number of carbonyl (C=O) groups excluding carboxylic acids is 1. The number of aromatic amines is 1. The Hall–Kier alpha value is -3.58. The molecule has 4 rings (SSSR count). The molecule has 0 saturated heterocycles. The third-order valence-electron chi connectivity index (χ3n) is 4.57. The molecule has 1 heterocycles. The Kier molecular flexibility index (Phi) is 4.82. The van der Waals surface area contributed by atoms with Gasteiger partial charge in [-0.05, 0) is 35.9 Å². The first kappa shape index (κ1) is 18.8. The summed E-state index contributed by atoms with van der Waals surface area (Å²) in [4.78, 5) is 13.4.